The number of aliphatic hydroxyl groups is 1. The average Bonchev–Trinajstić information content (AvgIpc) is 3.07. The summed E-state index contributed by atoms with van der Waals surface area (Å²) in [5, 5.41) is 11.9. The highest BCUT2D eigenvalue weighted by Crippen LogP contribution is 2.32. The van der Waals surface area contributed by atoms with Crippen LogP contribution in [0.5, 0.6) is 5.75 Å². The minimum Gasteiger partial charge on any atom is -0.492 e. The number of amides is 3. The molecular formula is C24H31N3O5. The first-order valence-electron chi connectivity index (χ1n) is 11.8. The molecule has 2 N–H and O–H groups in total. The molecule has 3 fully saturated rings. The number of hydrogen-bond acceptors (Lipinski definition) is 6. The van der Waals surface area contributed by atoms with Crippen LogP contribution in [-0.2, 0) is 16.1 Å². The van der Waals surface area contributed by atoms with Gasteiger partial charge in [0.05, 0.1) is 6.10 Å². The molecular weight excluding hydrogens is 410 g/mol. The summed E-state index contributed by atoms with van der Waals surface area (Å²) in [5.74, 6) is 0.495. The van der Waals surface area contributed by atoms with E-state index < -0.39 is 11.9 Å². The number of hydrogen-bond donors (Lipinski definition) is 2. The topological polar surface area (TPSA) is 99.2 Å². The molecule has 0 bridgehead atoms. The Kier molecular flexibility index (Phi) is 5.90. The molecule has 0 spiro atoms. The molecule has 0 radical (unpaired) electrons. The summed E-state index contributed by atoms with van der Waals surface area (Å²) in [4.78, 5) is 40.6. The molecule has 2 atom stereocenters. The number of rotatable bonds is 6. The summed E-state index contributed by atoms with van der Waals surface area (Å²) in [7, 11) is 0. The standard InChI is InChI=1S/C24H31N3O5/c28-18-9-15(10-18)12-26-8-2-1-3-17(26)14-32-19-4-5-20-16(11-19)13-27(24(20)31)21-6-7-22(29)25-23(21)30/h4-5,11,15,17-18,21,28H,1-3,6-10,12-14H2,(H,25,29,30)/t15?,17-,18?,21?/m1/s1. The first kappa shape index (κ1) is 21.4. The van der Waals surface area contributed by atoms with Gasteiger partial charge in [-0.1, -0.05) is 6.42 Å². The van der Waals surface area contributed by atoms with E-state index in [2.05, 4.69) is 10.2 Å². The second-order valence-corrected chi connectivity index (χ2v) is 9.67. The van der Waals surface area contributed by atoms with Gasteiger partial charge in [0, 0.05) is 31.1 Å². The largest absolute Gasteiger partial charge is 0.492 e. The SMILES string of the molecule is O=C1CCC(N2Cc3cc(OC[C@H]4CCCCN4CC4CC(O)C4)ccc3C2=O)C(=O)N1. The fraction of sp³-hybridized carbons (Fsp3) is 0.625. The summed E-state index contributed by atoms with van der Waals surface area (Å²) >= 11 is 0. The summed E-state index contributed by atoms with van der Waals surface area (Å²) in [6.07, 6.45) is 5.85. The molecule has 172 valence electrons. The monoisotopic (exact) mass is 441 g/mol. The number of imide groups is 1. The number of nitrogens with zero attached hydrogens (tertiary/aromatic N) is 2. The number of aliphatic hydroxyl groups excluding tert-OH is 1. The molecule has 3 amide bonds. The van der Waals surface area contributed by atoms with Crippen molar-refractivity contribution < 1.29 is 24.2 Å². The van der Waals surface area contributed by atoms with Gasteiger partial charge in [0.15, 0.2) is 0 Å². The van der Waals surface area contributed by atoms with Crippen LogP contribution in [0.25, 0.3) is 0 Å². The van der Waals surface area contributed by atoms with Crippen molar-refractivity contribution in [2.45, 2.75) is 69.7 Å². The zero-order valence-electron chi connectivity index (χ0n) is 18.3. The Labute approximate surface area is 187 Å². The summed E-state index contributed by atoms with van der Waals surface area (Å²) in [6, 6.07) is 5.30. The van der Waals surface area contributed by atoms with Crippen molar-refractivity contribution in [3.05, 3.63) is 29.3 Å². The van der Waals surface area contributed by atoms with Crippen molar-refractivity contribution in [1.82, 2.24) is 15.1 Å². The lowest BCUT2D eigenvalue weighted by atomic mass is 9.81. The van der Waals surface area contributed by atoms with Crippen LogP contribution >= 0.6 is 0 Å². The molecule has 32 heavy (non-hydrogen) atoms. The van der Waals surface area contributed by atoms with Crippen LogP contribution in [0.2, 0.25) is 0 Å². The van der Waals surface area contributed by atoms with Crippen molar-refractivity contribution in [3.8, 4) is 5.75 Å². The highest BCUT2D eigenvalue weighted by molar-refractivity contribution is 6.05. The fourth-order valence-electron chi connectivity index (χ4n) is 5.50. The zero-order chi connectivity index (χ0) is 22.2. The van der Waals surface area contributed by atoms with Gasteiger partial charge < -0.3 is 14.7 Å². The van der Waals surface area contributed by atoms with Crippen molar-refractivity contribution in [2.75, 3.05) is 19.7 Å². The van der Waals surface area contributed by atoms with E-state index in [0.717, 1.165) is 43.7 Å². The maximum atomic E-state index is 12.8. The Morgan fingerprint density at radius 1 is 1.12 bits per heavy atom. The molecule has 1 aliphatic carbocycles. The smallest absolute Gasteiger partial charge is 0.255 e. The Morgan fingerprint density at radius 2 is 1.97 bits per heavy atom. The Bertz CT molecular complexity index is 913. The molecule has 4 aliphatic rings. The van der Waals surface area contributed by atoms with Gasteiger partial charge in [0.2, 0.25) is 11.8 Å². The second kappa shape index (κ2) is 8.83. The van der Waals surface area contributed by atoms with E-state index >= 15 is 0 Å². The average molecular weight is 442 g/mol. The minimum absolute atomic E-state index is 0.117. The van der Waals surface area contributed by atoms with Gasteiger partial charge in [-0.25, -0.2) is 0 Å². The first-order valence-corrected chi connectivity index (χ1v) is 11.8. The van der Waals surface area contributed by atoms with Crippen LogP contribution in [0.3, 0.4) is 0 Å². The van der Waals surface area contributed by atoms with E-state index in [1.54, 1.807) is 11.0 Å². The van der Waals surface area contributed by atoms with Gasteiger partial charge in [-0.2, -0.15) is 0 Å². The third-order valence-electron chi connectivity index (χ3n) is 7.39. The van der Waals surface area contributed by atoms with Gasteiger partial charge in [0.1, 0.15) is 18.4 Å². The van der Waals surface area contributed by atoms with Crippen LogP contribution in [0.15, 0.2) is 18.2 Å². The maximum Gasteiger partial charge on any atom is 0.255 e. The van der Waals surface area contributed by atoms with Gasteiger partial charge in [-0.05, 0) is 68.3 Å². The molecule has 8 nitrogen and oxygen atoms in total. The molecule has 8 heteroatoms. The van der Waals surface area contributed by atoms with Crippen LogP contribution in [-0.4, -0.2) is 70.5 Å². The molecule has 1 saturated carbocycles. The van der Waals surface area contributed by atoms with E-state index in [-0.39, 0.29) is 24.3 Å². The molecule has 5 rings (SSSR count). The molecule has 1 unspecified atom stereocenters. The minimum atomic E-state index is -0.599. The fourth-order valence-corrected chi connectivity index (χ4v) is 5.50. The summed E-state index contributed by atoms with van der Waals surface area (Å²) < 4.78 is 6.16. The van der Waals surface area contributed by atoms with Gasteiger partial charge >= 0.3 is 0 Å². The predicted molar refractivity (Wildman–Crippen MR) is 116 cm³/mol. The number of carbonyl (C=O) groups excluding carboxylic acids is 3. The highest BCUT2D eigenvalue weighted by Gasteiger charge is 2.39. The lowest BCUT2D eigenvalue weighted by Gasteiger charge is -2.41. The number of carbonyl (C=O) groups is 3. The first-order chi connectivity index (χ1) is 15.5. The lowest BCUT2D eigenvalue weighted by molar-refractivity contribution is -0.136. The third kappa shape index (κ3) is 4.26. The van der Waals surface area contributed by atoms with Crippen molar-refractivity contribution in [3.63, 3.8) is 0 Å². The maximum absolute atomic E-state index is 12.8. The lowest BCUT2D eigenvalue weighted by Crippen LogP contribution is -2.52. The number of ether oxygens (including phenoxy) is 1. The van der Waals surface area contributed by atoms with Crippen LogP contribution in [0.1, 0.15) is 60.9 Å². The molecule has 1 aromatic rings. The van der Waals surface area contributed by atoms with E-state index in [1.165, 1.54) is 12.8 Å². The van der Waals surface area contributed by atoms with Crippen LogP contribution < -0.4 is 10.1 Å². The van der Waals surface area contributed by atoms with Crippen molar-refractivity contribution in [1.29, 1.82) is 0 Å². The molecule has 3 heterocycles. The predicted octanol–water partition coefficient (Wildman–Crippen LogP) is 1.45. The molecule has 0 aromatic heterocycles. The summed E-state index contributed by atoms with van der Waals surface area (Å²) in [5.41, 5.74) is 1.46. The number of fused-ring (bicyclic) bond motifs is 1. The van der Waals surface area contributed by atoms with Gasteiger partial charge in [-0.15, -0.1) is 0 Å². The highest BCUT2D eigenvalue weighted by atomic mass is 16.5. The van der Waals surface area contributed by atoms with E-state index in [0.29, 0.717) is 37.1 Å². The summed E-state index contributed by atoms with van der Waals surface area (Å²) in [6.45, 7) is 3.08. The zero-order valence-corrected chi connectivity index (χ0v) is 18.3. The number of piperidine rings is 2. The Hall–Kier alpha value is -2.45. The van der Waals surface area contributed by atoms with Gasteiger partial charge in [0.25, 0.3) is 5.91 Å². The third-order valence-corrected chi connectivity index (χ3v) is 7.39. The van der Waals surface area contributed by atoms with Crippen LogP contribution in [0.4, 0.5) is 0 Å². The molecule has 1 aromatic carbocycles. The number of benzene rings is 1. The second-order valence-electron chi connectivity index (χ2n) is 9.67. The molecule has 2 saturated heterocycles. The quantitative estimate of drug-likeness (QED) is 0.649. The van der Waals surface area contributed by atoms with Crippen LogP contribution in [0, 0.1) is 5.92 Å². The number of nitrogens with one attached hydrogen (secondary N) is 1. The van der Waals surface area contributed by atoms with E-state index in [4.69, 9.17) is 4.74 Å². The van der Waals surface area contributed by atoms with Gasteiger partial charge in [-0.3, -0.25) is 24.6 Å². The van der Waals surface area contributed by atoms with Crippen molar-refractivity contribution >= 4 is 17.7 Å². The Balaban J connectivity index is 1.20. The number of likely N-dealkylation sites (tertiary alicyclic amines) is 1. The molecule has 3 aliphatic heterocycles. The Morgan fingerprint density at radius 3 is 2.75 bits per heavy atom. The van der Waals surface area contributed by atoms with E-state index in [1.807, 2.05) is 12.1 Å². The normalized spacial score (nSPS) is 30.7. The van der Waals surface area contributed by atoms with E-state index in [9.17, 15) is 19.5 Å². The van der Waals surface area contributed by atoms with Crippen molar-refractivity contribution in [2.24, 2.45) is 5.92 Å².